The van der Waals surface area contributed by atoms with E-state index in [0.29, 0.717) is 12.1 Å². The normalized spacial score (nSPS) is 11.9. The van der Waals surface area contributed by atoms with E-state index in [0.717, 1.165) is 38.0 Å². The summed E-state index contributed by atoms with van der Waals surface area (Å²) >= 11 is 3.48. The van der Waals surface area contributed by atoms with Gasteiger partial charge in [0.15, 0.2) is 0 Å². The quantitative estimate of drug-likeness (QED) is 0.207. The van der Waals surface area contributed by atoms with E-state index in [1.165, 1.54) is 0 Å². The number of furan rings is 1. The molecule has 4 rings (SSSR count). The van der Waals surface area contributed by atoms with E-state index < -0.39 is 0 Å². The fraction of sp³-hybridized carbons (Fsp3) is 0.107. The SMILES string of the molecule is C/C(=C\C=C\c1ccccc1)C(=O)N(Cc1oc2ccccc2c1C)c1ccc(Br)cc1. The zero-order valence-corrected chi connectivity index (χ0v) is 19.7. The molecular weight excluding hydrogens is 462 g/mol. The topological polar surface area (TPSA) is 33.5 Å². The Morgan fingerprint density at radius 3 is 2.38 bits per heavy atom. The number of fused-ring (bicyclic) bond motifs is 1. The molecule has 0 spiro atoms. The number of benzene rings is 3. The van der Waals surface area contributed by atoms with E-state index in [1.807, 2.05) is 111 Å². The lowest BCUT2D eigenvalue weighted by molar-refractivity contribution is -0.115. The van der Waals surface area contributed by atoms with Gasteiger partial charge in [0.1, 0.15) is 11.3 Å². The van der Waals surface area contributed by atoms with Crippen LogP contribution in [0.4, 0.5) is 5.69 Å². The van der Waals surface area contributed by atoms with Crippen molar-refractivity contribution in [1.29, 1.82) is 0 Å². The van der Waals surface area contributed by atoms with Crippen molar-refractivity contribution in [3.63, 3.8) is 0 Å². The molecule has 0 N–H and O–H groups in total. The largest absolute Gasteiger partial charge is 0.459 e. The highest BCUT2D eigenvalue weighted by Crippen LogP contribution is 2.29. The molecule has 0 saturated heterocycles. The van der Waals surface area contributed by atoms with Crippen LogP contribution in [0.1, 0.15) is 23.8 Å². The summed E-state index contributed by atoms with van der Waals surface area (Å²) in [7, 11) is 0. The van der Waals surface area contributed by atoms with Crippen LogP contribution in [0.25, 0.3) is 17.0 Å². The van der Waals surface area contributed by atoms with Crippen molar-refractivity contribution in [3.8, 4) is 0 Å². The molecule has 160 valence electrons. The molecule has 1 heterocycles. The highest BCUT2D eigenvalue weighted by Gasteiger charge is 2.21. The Balaban J connectivity index is 1.64. The summed E-state index contributed by atoms with van der Waals surface area (Å²) < 4.78 is 7.07. The van der Waals surface area contributed by atoms with Crippen LogP contribution in [0.5, 0.6) is 0 Å². The van der Waals surface area contributed by atoms with Gasteiger partial charge in [-0.2, -0.15) is 0 Å². The zero-order chi connectivity index (χ0) is 22.5. The van der Waals surface area contributed by atoms with E-state index in [4.69, 9.17) is 4.42 Å². The predicted molar refractivity (Wildman–Crippen MR) is 136 cm³/mol. The summed E-state index contributed by atoms with van der Waals surface area (Å²) in [6.07, 6.45) is 5.76. The standard InChI is InChI=1S/C28H24BrNO2/c1-20(9-8-12-22-10-4-3-5-11-22)28(31)30(24-17-15-23(29)16-18-24)19-27-21(2)25-13-6-7-14-26(25)32-27/h3-18H,19H2,1-2H3/b12-8+,20-9+. The monoisotopic (exact) mass is 485 g/mol. The second-order valence-corrected chi connectivity index (χ2v) is 8.55. The van der Waals surface area contributed by atoms with Crippen LogP contribution in [0.15, 0.2) is 105 Å². The Hall–Kier alpha value is -3.37. The predicted octanol–water partition coefficient (Wildman–Crippen LogP) is 7.70. The number of amides is 1. The third kappa shape index (κ3) is 4.92. The van der Waals surface area contributed by atoms with Crippen molar-refractivity contribution >= 4 is 44.6 Å². The van der Waals surface area contributed by atoms with E-state index in [1.54, 1.807) is 4.90 Å². The summed E-state index contributed by atoms with van der Waals surface area (Å²) in [4.78, 5) is 15.2. The van der Waals surface area contributed by atoms with E-state index in [9.17, 15) is 4.79 Å². The third-order valence-electron chi connectivity index (χ3n) is 5.40. The Bertz CT molecular complexity index is 1280. The number of carbonyl (C=O) groups excluding carboxylic acids is 1. The van der Waals surface area contributed by atoms with Gasteiger partial charge in [-0.05, 0) is 49.7 Å². The minimum absolute atomic E-state index is 0.0649. The molecule has 4 aromatic rings. The van der Waals surface area contributed by atoms with Crippen LogP contribution in [-0.2, 0) is 11.3 Å². The molecule has 0 unspecified atom stereocenters. The van der Waals surface area contributed by atoms with Crippen LogP contribution in [0, 0.1) is 6.92 Å². The molecule has 0 aliphatic heterocycles. The molecule has 0 fully saturated rings. The minimum atomic E-state index is -0.0649. The number of allylic oxidation sites excluding steroid dienone is 2. The van der Waals surface area contributed by atoms with E-state index in [-0.39, 0.29) is 5.91 Å². The number of carbonyl (C=O) groups is 1. The summed E-state index contributed by atoms with van der Waals surface area (Å²) in [6.45, 7) is 4.24. The van der Waals surface area contributed by atoms with Gasteiger partial charge in [-0.1, -0.05) is 82.7 Å². The van der Waals surface area contributed by atoms with Crippen LogP contribution in [0.3, 0.4) is 0 Å². The van der Waals surface area contributed by atoms with Crippen LogP contribution < -0.4 is 4.90 Å². The summed E-state index contributed by atoms with van der Waals surface area (Å²) in [6, 6.07) is 25.7. The average Bonchev–Trinajstić information content (AvgIpc) is 3.14. The number of halogens is 1. The maximum Gasteiger partial charge on any atom is 0.254 e. The lowest BCUT2D eigenvalue weighted by Crippen LogP contribution is -2.31. The van der Waals surface area contributed by atoms with Crippen molar-refractivity contribution < 1.29 is 9.21 Å². The van der Waals surface area contributed by atoms with E-state index in [2.05, 4.69) is 15.9 Å². The lowest BCUT2D eigenvalue weighted by atomic mass is 10.1. The van der Waals surface area contributed by atoms with Gasteiger partial charge in [0.2, 0.25) is 0 Å². The maximum absolute atomic E-state index is 13.5. The first-order valence-corrected chi connectivity index (χ1v) is 11.3. The molecule has 4 heteroatoms. The van der Waals surface area contributed by atoms with Crippen molar-refractivity contribution in [2.45, 2.75) is 20.4 Å². The fourth-order valence-electron chi connectivity index (χ4n) is 3.57. The van der Waals surface area contributed by atoms with Crippen LogP contribution in [0.2, 0.25) is 0 Å². The second kappa shape index (κ2) is 9.84. The molecule has 0 bridgehead atoms. The number of aryl methyl sites for hydroxylation is 1. The molecule has 0 aliphatic rings. The molecule has 3 aromatic carbocycles. The van der Waals surface area contributed by atoms with Crippen molar-refractivity contribution in [2.24, 2.45) is 0 Å². The first-order chi connectivity index (χ1) is 15.5. The average molecular weight is 486 g/mol. The van der Waals surface area contributed by atoms with Crippen molar-refractivity contribution in [1.82, 2.24) is 0 Å². The van der Waals surface area contributed by atoms with Crippen LogP contribution in [-0.4, -0.2) is 5.91 Å². The lowest BCUT2D eigenvalue weighted by Gasteiger charge is -2.22. The van der Waals surface area contributed by atoms with Gasteiger partial charge in [0.25, 0.3) is 5.91 Å². The highest BCUT2D eigenvalue weighted by atomic mass is 79.9. The number of anilines is 1. The highest BCUT2D eigenvalue weighted by molar-refractivity contribution is 9.10. The second-order valence-electron chi connectivity index (χ2n) is 7.63. The fourth-order valence-corrected chi connectivity index (χ4v) is 3.84. The number of hydrogen-bond donors (Lipinski definition) is 0. The number of nitrogens with zero attached hydrogens (tertiary/aromatic N) is 1. The molecular formula is C28H24BrNO2. The zero-order valence-electron chi connectivity index (χ0n) is 18.1. The third-order valence-corrected chi connectivity index (χ3v) is 5.93. The van der Waals surface area contributed by atoms with Gasteiger partial charge in [-0.25, -0.2) is 0 Å². The summed E-state index contributed by atoms with van der Waals surface area (Å²) in [5, 5.41) is 1.07. The van der Waals surface area contributed by atoms with E-state index >= 15 is 0 Å². The molecule has 1 aromatic heterocycles. The molecule has 32 heavy (non-hydrogen) atoms. The Morgan fingerprint density at radius 1 is 0.969 bits per heavy atom. The van der Waals surface area contributed by atoms with Gasteiger partial charge in [-0.3, -0.25) is 4.79 Å². The maximum atomic E-state index is 13.5. The summed E-state index contributed by atoms with van der Waals surface area (Å²) in [5.41, 5.74) is 4.45. The van der Waals surface area contributed by atoms with Crippen molar-refractivity contribution in [2.75, 3.05) is 4.90 Å². The first kappa shape index (κ1) is 21.8. The van der Waals surface area contributed by atoms with Gasteiger partial charge in [-0.15, -0.1) is 0 Å². The molecule has 0 aliphatic carbocycles. The summed E-state index contributed by atoms with van der Waals surface area (Å²) in [5.74, 6) is 0.722. The van der Waals surface area contributed by atoms with Crippen molar-refractivity contribution in [3.05, 3.63) is 118 Å². The number of hydrogen-bond acceptors (Lipinski definition) is 2. The number of para-hydroxylation sites is 1. The molecule has 0 atom stereocenters. The van der Waals surface area contributed by atoms with Crippen LogP contribution >= 0.6 is 15.9 Å². The first-order valence-electron chi connectivity index (χ1n) is 10.5. The molecule has 0 saturated carbocycles. The van der Waals surface area contributed by atoms with Gasteiger partial charge in [0.05, 0.1) is 6.54 Å². The molecule has 1 amide bonds. The molecule has 3 nitrogen and oxygen atoms in total. The van der Waals surface area contributed by atoms with Gasteiger partial charge < -0.3 is 9.32 Å². The Morgan fingerprint density at radius 2 is 1.66 bits per heavy atom. The Kier molecular flexibility index (Phi) is 6.72. The van der Waals surface area contributed by atoms with Gasteiger partial charge in [0, 0.05) is 26.7 Å². The Labute approximate surface area is 196 Å². The smallest absolute Gasteiger partial charge is 0.254 e. The van der Waals surface area contributed by atoms with Gasteiger partial charge >= 0.3 is 0 Å². The molecule has 0 radical (unpaired) electrons. The minimum Gasteiger partial charge on any atom is -0.459 e. The number of rotatable bonds is 6.